The molecule has 0 amide bonds. The summed E-state index contributed by atoms with van der Waals surface area (Å²) in [6, 6.07) is 0. The molecule has 0 atom stereocenters. The van der Waals surface area contributed by atoms with Crippen LogP contribution in [-0.4, -0.2) is 44.7 Å². The van der Waals surface area contributed by atoms with Gasteiger partial charge in [0.05, 0.1) is 6.67 Å². The maximum Gasteiger partial charge on any atom is 0.466 e. The van der Waals surface area contributed by atoms with Crippen LogP contribution in [0.3, 0.4) is 0 Å². The Hall–Kier alpha value is -0.550. The van der Waals surface area contributed by atoms with E-state index in [0.29, 0.717) is 0 Å². The van der Waals surface area contributed by atoms with E-state index in [1.54, 1.807) is 0 Å². The Kier molecular flexibility index (Phi) is 10.8. The molecule has 0 aromatic carbocycles. The topological polar surface area (TPSA) is 84.2 Å². The zero-order valence-corrected chi connectivity index (χ0v) is 13.5. The lowest BCUT2D eigenvalue weighted by Gasteiger charge is -2.17. The van der Waals surface area contributed by atoms with Crippen LogP contribution in [-0.2, 0) is 4.57 Å². The van der Waals surface area contributed by atoms with Gasteiger partial charge in [0.25, 0.3) is 0 Å². The van der Waals surface area contributed by atoms with Crippen molar-refractivity contribution in [1.82, 2.24) is 9.80 Å². The van der Waals surface area contributed by atoms with Crippen LogP contribution in [0.15, 0.2) is 12.4 Å². The maximum atomic E-state index is 8.88. The summed E-state index contributed by atoms with van der Waals surface area (Å²) in [7, 11) is -2.51. The lowest BCUT2D eigenvalue weighted by atomic mass is 10.1. The molecule has 3 N–H and O–H groups in total. The van der Waals surface area contributed by atoms with E-state index in [1.165, 1.54) is 51.5 Å². The highest BCUT2D eigenvalue weighted by atomic mass is 31.2. The van der Waals surface area contributed by atoms with Crippen LogP contribution in [0.5, 0.6) is 0 Å². The maximum absolute atomic E-state index is 8.88. The highest BCUT2D eigenvalue weighted by molar-refractivity contribution is 7.45. The molecule has 0 aromatic heterocycles. The Morgan fingerprint density at radius 3 is 1.95 bits per heavy atom. The molecule has 1 aliphatic heterocycles. The number of rotatable bonds is 8. The van der Waals surface area contributed by atoms with Crippen molar-refractivity contribution in [3.05, 3.63) is 12.4 Å². The highest BCUT2D eigenvalue weighted by Gasteiger charge is 2.06. The quantitative estimate of drug-likeness (QED) is 0.472. The van der Waals surface area contributed by atoms with Crippen LogP contribution in [0.25, 0.3) is 0 Å². The zero-order chi connectivity index (χ0) is 15.4. The fourth-order valence-electron chi connectivity index (χ4n) is 2.01. The van der Waals surface area contributed by atoms with Gasteiger partial charge < -0.3 is 24.5 Å². The van der Waals surface area contributed by atoms with Crippen molar-refractivity contribution in [3.63, 3.8) is 0 Å². The molecular formula is C13H29N2O4P. The summed E-state index contributed by atoms with van der Waals surface area (Å²) < 4.78 is 8.88. The molecule has 0 unspecified atom stereocenters. The van der Waals surface area contributed by atoms with E-state index in [-0.39, 0.29) is 0 Å². The fraction of sp³-hybridized carbons (Fsp3) is 0.846. The lowest BCUT2D eigenvalue weighted by Crippen LogP contribution is -2.23. The van der Waals surface area contributed by atoms with Gasteiger partial charge in [-0.25, -0.2) is 4.57 Å². The van der Waals surface area contributed by atoms with Gasteiger partial charge in [-0.05, 0) is 6.42 Å². The van der Waals surface area contributed by atoms with Crippen molar-refractivity contribution < 1.29 is 19.2 Å². The van der Waals surface area contributed by atoms with Crippen molar-refractivity contribution in [3.8, 4) is 0 Å². The van der Waals surface area contributed by atoms with Crippen LogP contribution in [0.2, 0.25) is 0 Å². The van der Waals surface area contributed by atoms with Crippen LogP contribution < -0.4 is 0 Å². The van der Waals surface area contributed by atoms with Gasteiger partial charge in [-0.2, -0.15) is 0 Å². The van der Waals surface area contributed by atoms with Gasteiger partial charge in [0.15, 0.2) is 0 Å². The van der Waals surface area contributed by atoms with Crippen LogP contribution in [0, 0.1) is 0 Å². The van der Waals surface area contributed by atoms with E-state index in [1.807, 2.05) is 0 Å². The first-order valence-electron chi connectivity index (χ1n) is 7.24. The summed E-state index contributed by atoms with van der Waals surface area (Å²) in [5.41, 5.74) is 0. The molecule has 0 aliphatic carbocycles. The van der Waals surface area contributed by atoms with E-state index < -0.39 is 7.82 Å². The number of hydrogen-bond donors (Lipinski definition) is 3. The summed E-state index contributed by atoms with van der Waals surface area (Å²) in [6.45, 7) is 4.58. The predicted octanol–water partition coefficient (Wildman–Crippen LogP) is 2.48. The average Bonchev–Trinajstić information content (AvgIpc) is 2.72. The second-order valence-corrected chi connectivity index (χ2v) is 6.17. The van der Waals surface area contributed by atoms with Gasteiger partial charge in [0, 0.05) is 26.0 Å². The van der Waals surface area contributed by atoms with Crippen molar-refractivity contribution in [1.29, 1.82) is 0 Å². The lowest BCUT2D eigenvalue weighted by molar-refractivity contribution is 0.275. The number of phosphoric acid groups is 1. The Bertz CT molecular complexity index is 298. The Balaban J connectivity index is 0.000000621. The molecule has 0 bridgehead atoms. The van der Waals surface area contributed by atoms with Crippen LogP contribution in [0.4, 0.5) is 0 Å². The van der Waals surface area contributed by atoms with E-state index in [2.05, 4.69) is 36.2 Å². The minimum absolute atomic E-state index is 1.08. The van der Waals surface area contributed by atoms with Crippen LogP contribution >= 0.6 is 7.82 Å². The molecular weight excluding hydrogens is 279 g/mol. The van der Waals surface area contributed by atoms with Crippen LogP contribution in [0.1, 0.15) is 51.9 Å². The summed E-state index contributed by atoms with van der Waals surface area (Å²) in [5.74, 6) is 0. The first-order valence-corrected chi connectivity index (χ1v) is 8.80. The van der Waals surface area contributed by atoms with Gasteiger partial charge in [0.1, 0.15) is 0 Å². The summed E-state index contributed by atoms with van der Waals surface area (Å²) >= 11 is 0. The Morgan fingerprint density at radius 2 is 1.50 bits per heavy atom. The minimum Gasteiger partial charge on any atom is -0.362 e. The third-order valence-electron chi connectivity index (χ3n) is 2.99. The van der Waals surface area contributed by atoms with Gasteiger partial charge in [-0.15, -0.1) is 0 Å². The standard InChI is InChI=1S/C13H26N2.H3O4P/c1-3-4-5-6-7-8-9-10-15-12-11-14(2)13-15;1-5(2,3)4/h11-12H,3-10,13H2,1-2H3;(H3,1,2,3,4). The molecule has 0 spiro atoms. The first kappa shape index (κ1) is 19.4. The molecule has 0 saturated carbocycles. The van der Waals surface area contributed by atoms with Crippen molar-refractivity contribution in [2.75, 3.05) is 20.3 Å². The third-order valence-corrected chi connectivity index (χ3v) is 2.99. The number of hydrogen-bond acceptors (Lipinski definition) is 3. The third kappa shape index (κ3) is 15.5. The Morgan fingerprint density at radius 1 is 1.00 bits per heavy atom. The van der Waals surface area contributed by atoms with Crippen molar-refractivity contribution >= 4 is 7.82 Å². The van der Waals surface area contributed by atoms with Crippen molar-refractivity contribution in [2.45, 2.75) is 51.9 Å². The smallest absolute Gasteiger partial charge is 0.362 e. The molecule has 1 rings (SSSR count). The second kappa shape index (κ2) is 11.1. The Labute approximate surface area is 122 Å². The van der Waals surface area contributed by atoms with Gasteiger partial charge in [-0.1, -0.05) is 45.4 Å². The fourth-order valence-corrected chi connectivity index (χ4v) is 2.01. The van der Waals surface area contributed by atoms with E-state index in [9.17, 15) is 0 Å². The molecule has 1 aliphatic rings. The first-order chi connectivity index (χ1) is 9.33. The largest absolute Gasteiger partial charge is 0.466 e. The summed E-state index contributed by atoms with van der Waals surface area (Å²) in [5, 5.41) is 0. The monoisotopic (exact) mass is 308 g/mol. The van der Waals surface area contributed by atoms with E-state index in [4.69, 9.17) is 19.2 Å². The van der Waals surface area contributed by atoms with Crippen molar-refractivity contribution in [2.24, 2.45) is 0 Å². The SMILES string of the molecule is CCCCCCCCCN1C=CN(C)C1.O=P(O)(O)O. The molecule has 1 heterocycles. The highest BCUT2D eigenvalue weighted by Crippen LogP contribution is 2.25. The molecule has 7 heteroatoms. The number of unbranched alkanes of at least 4 members (excludes halogenated alkanes) is 6. The van der Waals surface area contributed by atoms with Gasteiger partial charge in [-0.3, -0.25) is 0 Å². The van der Waals surface area contributed by atoms with Gasteiger partial charge >= 0.3 is 7.82 Å². The molecule has 0 radical (unpaired) electrons. The van der Waals surface area contributed by atoms with Gasteiger partial charge in [0.2, 0.25) is 0 Å². The molecule has 0 saturated heterocycles. The summed E-state index contributed by atoms with van der Waals surface area (Å²) in [6.07, 6.45) is 14.2. The van der Waals surface area contributed by atoms with E-state index >= 15 is 0 Å². The molecule has 6 nitrogen and oxygen atoms in total. The van der Waals surface area contributed by atoms with E-state index in [0.717, 1.165) is 6.67 Å². The molecule has 20 heavy (non-hydrogen) atoms. The minimum atomic E-state index is -4.64. The second-order valence-electron chi connectivity index (χ2n) is 5.14. The molecule has 0 fully saturated rings. The zero-order valence-electron chi connectivity index (χ0n) is 12.6. The molecule has 0 aromatic rings. The summed E-state index contributed by atoms with van der Waals surface area (Å²) in [4.78, 5) is 26.2. The number of nitrogens with zero attached hydrogens (tertiary/aromatic N) is 2. The average molecular weight is 308 g/mol. The normalized spacial score (nSPS) is 14.4. The molecule has 120 valence electrons. The predicted molar refractivity (Wildman–Crippen MR) is 80.7 cm³/mol.